The molecule has 0 bridgehead atoms. The van der Waals surface area contributed by atoms with E-state index in [2.05, 4.69) is 98.8 Å². The van der Waals surface area contributed by atoms with Crippen molar-refractivity contribution in [3.05, 3.63) is 95.1 Å². The molecule has 0 heterocycles. The lowest BCUT2D eigenvalue weighted by molar-refractivity contribution is 1.15. The van der Waals surface area contributed by atoms with E-state index in [0.29, 0.717) is 0 Å². The highest BCUT2D eigenvalue weighted by Gasteiger charge is 2.02. The van der Waals surface area contributed by atoms with Crippen LogP contribution in [-0.4, -0.2) is 0 Å². The maximum absolute atomic E-state index is 2.31. The van der Waals surface area contributed by atoms with Gasteiger partial charge in [0.05, 0.1) is 0 Å². The molecule has 25 heavy (non-hydrogen) atoms. The Hall–Kier alpha value is -2.86. The summed E-state index contributed by atoms with van der Waals surface area (Å²) >= 11 is 0. The Bertz CT molecular complexity index is 1070. The van der Waals surface area contributed by atoms with Crippen molar-refractivity contribution >= 4 is 33.7 Å². The minimum Gasteiger partial charge on any atom is -0.0613 e. The Morgan fingerprint density at radius 2 is 1.24 bits per heavy atom. The molecule has 0 heteroatoms. The zero-order valence-electron chi connectivity index (χ0n) is 14.8. The van der Waals surface area contributed by atoms with Crippen molar-refractivity contribution in [2.45, 2.75) is 20.3 Å². The third kappa shape index (κ3) is 3.21. The molecule has 0 atom stereocenters. The quantitative estimate of drug-likeness (QED) is 0.280. The van der Waals surface area contributed by atoms with Crippen LogP contribution in [0.2, 0.25) is 0 Å². The van der Waals surface area contributed by atoms with Crippen molar-refractivity contribution in [2.75, 3.05) is 0 Å². The summed E-state index contributed by atoms with van der Waals surface area (Å²) in [7, 11) is 0. The summed E-state index contributed by atoms with van der Waals surface area (Å²) in [4.78, 5) is 0. The van der Waals surface area contributed by atoms with Crippen molar-refractivity contribution in [1.82, 2.24) is 0 Å². The Balaban J connectivity index is 1.72. The van der Waals surface area contributed by atoms with Crippen LogP contribution in [0.1, 0.15) is 29.2 Å². The Morgan fingerprint density at radius 3 is 1.96 bits per heavy atom. The van der Waals surface area contributed by atoms with E-state index in [1.54, 1.807) is 0 Å². The van der Waals surface area contributed by atoms with Gasteiger partial charge in [0.15, 0.2) is 0 Å². The topological polar surface area (TPSA) is 0 Å². The molecule has 0 amide bonds. The van der Waals surface area contributed by atoms with Crippen LogP contribution in [-0.2, 0) is 6.42 Å². The number of benzene rings is 4. The fourth-order valence-electron chi connectivity index (χ4n) is 3.33. The highest BCUT2D eigenvalue weighted by Crippen LogP contribution is 2.27. The van der Waals surface area contributed by atoms with Crippen molar-refractivity contribution in [1.29, 1.82) is 0 Å². The predicted octanol–water partition coefficient (Wildman–Crippen LogP) is 7.03. The number of aryl methyl sites for hydroxylation is 2. The van der Waals surface area contributed by atoms with Crippen LogP contribution in [0, 0.1) is 6.92 Å². The molecule has 0 saturated heterocycles. The van der Waals surface area contributed by atoms with Crippen LogP contribution in [0.4, 0.5) is 0 Å². The summed E-state index contributed by atoms with van der Waals surface area (Å²) in [6, 6.07) is 26.6. The minimum absolute atomic E-state index is 1.08. The van der Waals surface area contributed by atoms with Crippen LogP contribution < -0.4 is 0 Å². The van der Waals surface area contributed by atoms with Crippen LogP contribution in [0.3, 0.4) is 0 Å². The number of fused-ring (bicyclic) bond motifs is 3. The second-order valence-electron chi connectivity index (χ2n) is 6.70. The first kappa shape index (κ1) is 15.7. The molecule has 0 nitrogen and oxygen atoms in total. The van der Waals surface area contributed by atoms with E-state index in [0.717, 1.165) is 6.42 Å². The summed E-state index contributed by atoms with van der Waals surface area (Å²) in [5, 5.41) is 5.29. The summed E-state index contributed by atoms with van der Waals surface area (Å²) in [5.74, 6) is 0. The lowest BCUT2D eigenvalue weighted by Gasteiger charge is -2.07. The third-order valence-electron chi connectivity index (χ3n) is 4.88. The molecule has 0 aliphatic carbocycles. The van der Waals surface area contributed by atoms with Gasteiger partial charge in [0.25, 0.3) is 0 Å². The number of hydrogen-bond donors (Lipinski definition) is 0. The molecule has 4 rings (SSSR count). The second-order valence-corrected chi connectivity index (χ2v) is 6.70. The van der Waals surface area contributed by atoms with E-state index in [1.165, 1.54) is 43.8 Å². The smallest absolute Gasteiger partial charge is 0.0105 e. The zero-order valence-corrected chi connectivity index (χ0v) is 14.8. The lowest BCUT2D eigenvalue weighted by Crippen LogP contribution is -1.83. The van der Waals surface area contributed by atoms with Crippen molar-refractivity contribution in [3.63, 3.8) is 0 Å². The van der Waals surface area contributed by atoms with Crippen LogP contribution >= 0.6 is 0 Å². The largest absolute Gasteiger partial charge is 0.0613 e. The van der Waals surface area contributed by atoms with Crippen LogP contribution in [0.25, 0.3) is 33.7 Å². The van der Waals surface area contributed by atoms with E-state index in [1.807, 2.05) is 0 Å². The van der Waals surface area contributed by atoms with Crippen molar-refractivity contribution in [2.24, 2.45) is 0 Å². The van der Waals surface area contributed by atoms with Crippen LogP contribution in [0.15, 0.2) is 72.8 Å². The van der Waals surface area contributed by atoms with Gasteiger partial charge in [-0.3, -0.25) is 0 Å². The lowest BCUT2D eigenvalue weighted by atomic mass is 9.98. The van der Waals surface area contributed by atoms with Crippen LogP contribution in [0.5, 0.6) is 0 Å². The van der Waals surface area contributed by atoms with Gasteiger partial charge in [0.2, 0.25) is 0 Å². The van der Waals surface area contributed by atoms with Gasteiger partial charge in [-0.2, -0.15) is 0 Å². The normalized spacial score (nSPS) is 11.6. The predicted molar refractivity (Wildman–Crippen MR) is 111 cm³/mol. The fourth-order valence-corrected chi connectivity index (χ4v) is 3.33. The number of hydrogen-bond acceptors (Lipinski definition) is 0. The second kappa shape index (κ2) is 6.57. The van der Waals surface area contributed by atoms with E-state index in [4.69, 9.17) is 0 Å². The first-order chi connectivity index (χ1) is 12.2. The molecule has 0 saturated carbocycles. The Morgan fingerprint density at radius 1 is 0.640 bits per heavy atom. The molecule has 0 aromatic heterocycles. The summed E-state index contributed by atoms with van der Waals surface area (Å²) in [5.41, 5.74) is 5.15. The average Bonchev–Trinajstić information content (AvgIpc) is 2.66. The fraction of sp³-hybridized carbons (Fsp3) is 0.120. The van der Waals surface area contributed by atoms with Gasteiger partial charge in [0, 0.05) is 0 Å². The highest BCUT2D eigenvalue weighted by molar-refractivity contribution is 6.08. The van der Waals surface area contributed by atoms with E-state index in [-0.39, 0.29) is 0 Å². The van der Waals surface area contributed by atoms with E-state index < -0.39 is 0 Å². The summed E-state index contributed by atoms with van der Waals surface area (Å²) < 4.78 is 0. The van der Waals surface area contributed by atoms with Gasteiger partial charge in [-0.25, -0.2) is 0 Å². The molecule has 0 radical (unpaired) electrons. The minimum atomic E-state index is 1.08. The highest BCUT2D eigenvalue weighted by atomic mass is 14.1. The molecular weight excluding hydrogens is 300 g/mol. The van der Waals surface area contributed by atoms with Crippen molar-refractivity contribution in [3.8, 4) is 0 Å². The number of rotatable bonds is 3. The Kier molecular flexibility index (Phi) is 4.11. The Labute approximate surface area is 149 Å². The molecule has 0 aliphatic heterocycles. The van der Waals surface area contributed by atoms with Gasteiger partial charge in [-0.1, -0.05) is 91.4 Å². The zero-order chi connectivity index (χ0) is 17.2. The molecule has 122 valence electrons. The van der Waals surface area contributed by atoms with Gasteiger partial charge in [-0.05, 0) is 57.6 Å². The molecule has 4 aromatic carbocycles. The molecule has 0 unspecified atom stereocenters. The molecule has 0 fully saturated rings. The summed E-state index contributed by atoms with van der Waals surface area (Å²) in [6.07, 6.45) is 5.44. The monoisotopic (exact) mass is 322 g/mol. The van der Waals surface area contributed by atoms with Gasteiger partial charge in [-0.15, -0.1) is 0 Å². The first-order valence-corrected chi connectivity index (χ1v) is 8.93. The van der Waals surface area contributed by atoms with Gasteiger partial charge in [0.1, 0.15) is 0 Å². The third-order valence-corrected chi connectivity index (χ3v) is 4.88. The molecule has 0 N–H and O–H groups in total. The van der Waals surface area contributed by atoms with Gasteiger partial charge < -0.3 is 0 Å². The molecule has 0 spiro atoms. The van der Waals surface area contributed by atoms with Gasteiger partial charge >= 0.3 is 0 Å². The van der Waals surface area contributed by atoms with Crippen molar-refractivity contribution < 1.29 is 0 Å². The maximum Gasteiger partial charge on any atom is -0.0105 e. The molecule has 0 aliphatic rings. The first-order valence-electron chi connectivity index (χ1n) is 8.93. The molecular formula is C25H22. The van der Waals surface area contributed by atoms with E-state index in [9.17, 15) is 0 Å². The summed E-state index contributed by atoms with van der Waals surface area (Å²) in [6.45, 7) is 4.32. The molecule has 4 aromatic rings. The standard InChI is InChI=1S/C25H22/c1-3-19-10-14-24-22(16-19)12-13-23-17-21(11-15-25(23)24)9-8-20-6-4-18(2)5-7-20/h4-17H,3H2,1-2H3. The maximum atomic E-state index is 2.31. The average molecular weight is 322 g/mol. The van der Waals surface area contributed by atoms with E-state index >= 15 is 0 Å². The SMILES string of the molecule is CCc1ccc2c(ccc3cc(C=Cc4ccc(C)cc4)ccc32)c1.